The fraction of sp³-hybridized carbons (Fsp3) is 0.111. The molecule has 0 fully saturated rings. The van der Waals surface area contributed by atoms with Crippen LogP contribution in [-0.2, 0) is 6.42 Å². The average Bonchev–Trinajstić information content (AvgIpc) is 2.82. The fourth-order valence-electron chi connectivity index (χ4n) is 3.68. The Kier molecular flexibility index (Phi) is 6.56. The van der Waals surface area contributed by atoms with Gasteiger partial charge in [-0.25, -0.2) is 18.6 Å². The summed E-state index contributed by atoms with van der Waals surface area (Å²) in [6.45, 7) is 0. The molecule has 166 valence electrons. The Labute approximate surface area is 189 Å². The molecule has 1 aromatic heterocycles. The topological polar surface area (TPSA) is 70.4 Å². The molecule has 0 saturated heterocycles. The van der Waals surface area contributed by atoms with Crippen molar-refractivity contribution >= 4 is 29.0 Å². The first-order valence-electron chi connectivity index (χ1n) is 10.4. The van der Waals surface area contributed by atoms with Gasteiger partial charge >= 0.3 is 5.97 Å². The Morgan fingerprint density at radius 2 is 1.73 bits per heavy atom. The maximum atomic E-state index is 13.5. The molecule has 3 aromatic carbocycles. The Morgan fingerprint density at radius 3 is 2.55 bits per heavy atom. The van der Waals surface area contributed by atoms with Crippen LogP contribution in [0.2, 0.25) is 0 Å². The van der Waals surface area contributed by atoms with Gasteiger partial charge in [0.1, 0.15) is 0 Å². The summed E-state index contributed by atoms with van der Waals surface area (Å²) < 4.78 is 26.9. The molecule has 4 nitrogen and oxygen atoms in total. The molecule has 4 aromatic rings. The summed E-state index contributed by atoms with van der Waals surface area (Å²) in [5.74, 6) is -2.83. The van der Waals surface area contributed by atoms with Crippen LogP contribution < -0.4 is 0 Å². The molecule has 2 N–H and O–H groups in total. The van der Waals surface area contributed by atoms with Crippen LogP contribution in [0.5, 0.6) is 0 Å². The van der Waals surface area contributed by atoms with E-state index in [0.29, 0.717) is 40.6 Å². The van der Waals surface area contributed by atoms with Gasteiger partial charge in [0.15, 0.2) is 11.6 Å². The van der Waals surface area contributed by atoms with Crippen molar-refractivity contribution in [2.24, 2.45) is 0 Å². The lowest BCUT2D eigenvalue weighted by Crippen LogP contribution is -2.05. The first-order valence-corrected chi connectivity index (χ1v) is 10.4. The average molecular weight is 445 g/mol. The van der Waals surface area contributed by atoms with Gasteiger partial charge in [0.25, 0.3) is 0 Å². The molecule has 0 bridgehead atoms. The summed E-state index contributed by atoms with van der Waals surface area (Å²) in [7, 11) is 0. The quantitative estimate of drug-likeness (QED) is 0.363. The number of benzene rings is 3. The second-order valence-corrected chi connectivity index (χ2v) is 7.72. The van der Waals surface area contributed by atoms with Crippen LogP contribution >= 0.6 is 0 Å². The predicted molar refractivity (Wildman–Crippen MR) is 124 cm³/mol. The van der Waals surface area contributed by atoms with E-state index in [1.165, 1.54) is 0 Å². The number of aromatic carboxylic acids is 1. The summed E-state index contributed by atoms with van der Waals surface area (Å²) >= 11 is 0. The molecule has 0 saturated carbocycles. The highest BCUT2D eigenvalue weighted by atomic mass is 19.2. The number of halogens is 2. The lowest BCUT2D eigenvalue weighted by atomic mass is 9.97. The van der Waals surface area contributed by atoms with E-state index >= 15 is 0 Å². The summed E-state index contributed by atoms with van der Waals surface area (Å²) in [5, 5.41) is 20.5. The Bertz CT molecular complexity index is 1350. The minimum absolute atomic E-state index is 0.242. The number of aliphatic hydroxyl groups is 1. The number of carboxylic acid groups (broad SMARTS) is 1. The number of aliphatic hydroxyl groups excluding tert-OH is 1. The van der Waals surface area contributed by atoms with Gasteiger partial charge in [-0.3, -0.25) is 0 Å². The summed E-state index contributed by atoms with van der Waals surface area (Å²) in [6.07, 6.45) is 3.64. The summed E-state index contributed by atoms with van der Waals surface area (Å²) in [4.78, 5) is 15.7. The van der Waals surface area contributed by atoms with Crippen molar-refractivity contribution in [2.75, 3.05) is 0 Å². The van der Waals surface area contributed by atoms with Crippen molar-refractivity contribution < 1.29 is 23.8 Å². The van der Waals surface area contributed by atoms with Crippen LogP contribution in [0.1, 0.15) is 45.3 Å². The van der Waals surface area contributed by atoms with Gasteiger partial charge in [-0.1, -0.05) is 48.5 Å². The van der Waals surface area contributed by atoms with Crippen molar-refractivity contribution in [1.29, 1.82) is 0 Å². The SMILES string of the molecule is O=C(O)c1ccccc1CCC(O)c1cccc(C=Cc2ccc3cc(F)c(F)cc3n2)c1. The van der Waals surface area contributed by atoms with Crippen molar-refractivity contribution in [3.8, 4) is 0 Å². The van der Waals surface area contributed by atoms with Crippen molar-refractivity contribution in [3.05, 3.63) is 112 Å². The molecule has 1 unspecified atom stereocenters. The van der Waals surface area contributed by atoms with E-state index in [-0.39, 0.29) is 5.56 Å². The number of nitrogens with zero attached hydrogens (tertiary/aromatic N) is 1. The van der Waals surface area contributed by atoms with Gasteiger partial charge in [-0.05, 0) is 59.9 Å². The highest BCUT2D eigenvalue weighted by Crippen LogP contribution is 2.23. The monoisotopic (exact) mass is 445 g/mol. The van der Waals surface area contributed by atoms with E-state index < -0.39 is 23.7 Å². The van der Waals surface area contributed by atoms with Crippen molar-refractivity contribution in [1.82, 2.24) is 4.98 Å². The second kappa shape index (κ2) is 9.71. The molecule has 1 atom stereocenters. The number of aryl methyl sites for hydroxylation is 1. The van der Waals surface area contributed by atoms with E-state index in [1.54, 1.807) is 42.5 Å². The molecule has 1 heterocycles. The molecule has 0 amide bonds. The smallest absolute Gasteiger partial charge is 0.335 e. The number of hydrogen-bond donors (Lipinski definition) is 2. The number of aromatic nitrogens is 1. The van der Waals surface area contributed by atoms with Crippen LogP contribution in [-0.4, -0.2) is 21.2 Å². The van der Waals surface area contributed by atoms with E-state index in [9.17, 15) is 23.8 Å². The minimum Gasteiger partial charge on any atom is -0.478 e. The molecule has 0 radical (unpaired) electrons. The molecule has 33 heavy (non-hydrogen) atoms. The molecular weight excluding hydrogens is 424 g/mol. The van der Waals surface area contributed by atoms with Crippen molar-refractivity contribution in [2.45, 2.75) is 18.9 Å². The fourth-order valence-corrected chi connectivity index (χ4v) is 3.68. The van der Waals surface area contributed by atoms with Gasteiger partial charge in [-0.15, -0.1) is 0 Å². The highest BCUT2D eigenvalue weighted by molar-refractivity contribution is 5.89. The van der Waals surface area contributed by atoms with Gasteiger partial charge in [0, 0.05) is 11.5 Å². The maximum absolute atomic E-state index is 13.5. The summed E-state index contributed by atoms with van der Waals surface area (Å²) in [6, 6.07) is 19.7. The number of fused-ring (bicyclic) bond motifs is 1. The lowest BCUT2D eigenvalue weighted by molar-refractivity contribution is 0.0695. The molecule has 0 aliphatic carbocycles. The molecule has 0 aliphatic rings. The van der Waals surface area contributed by atoms with Crippen LogP contribution in [0.4, 0.5) is 8.78 Å². The number of hydrogen-bond acceptors (Lipinski definition) is 3. The van der Waals surface area contributed by atoms with Gasteiger partial charge < -0.3 is 10.2 Å². The Hall–Kier alpha value is -3.90. The summed E-state index contributed by atoms with van der Waals surface area (Å²) in [5.41, 5.74) is 3.43. The maximum Gasteiger partial charge on any atom is 0.335 e. The Morgan fingerprint density at radius 1 is 0.939 bits per heavy atom. The third-order valence-electron chi connectivity index (χ3n) is 5.43. The van der Waals surface area contributed by atoms with E-state index in [2.05, 4.69) is 4.98 Å². The standard InChI is InChI=1S/C27H21F2NO3/c28-23-15-19-9-12-21(30-25(19)16-24(23)29)11-8-17-4-3-6-20(14-17)26(31)13-10-18-5-1-2-7-22(18)27(32)33/h1-9,11-12,14-16,26,31H,10,13H2,(H,32,33). The predicted octanol–water partition coefficient (Wildman–Crippen LogP) is 6.05. The third kappa shape index (κ3) is 5.30. The molecule has 4 rings (SSSR count). The van der Waals surface area contributed by atoms with Crippen LogP contribution in [0.25, 0.3) is 23.1 Å². The number of rotatable bonds is 7. The first-order chi connectivity index (χ1) is 15.9. The second-order valence-electron chi connectivity index (χ2n) is 7.72. The lowest BCUT2D eigenvalue weighted by Gasteiger charge is -2.13. The zero-order valence-electron chi connectivity index (χ0n) is 17.6. The zero-order valence-corrected chi connectivity index (χ0v) is 17.6. The molecule has 6 heteroatoms. The normalized spacial score (nSPS) is 12.3. The van der Waals surface area contributed by atoms with Gasteiger partial charge in [-0.2, -0.15) is 0 Å². The van der Waals surface area contributed by atoms with E-state index in [1.807, 2.05) is 30.3 Å². The minimum atomic E-state index is -0.984. The number of carbonyl (C=O) groups is 1. The molecule has 0 aliphatic heterocycles. The number of carboxylic acids is 1. The van der Waals surface area contributed by atoms with Crippen LogP contribution in [0.3, 0.4) is 0 Å². The third-order valence-corrected chi connectivity index (χ3v) is 5.43. The van der Waals surface area contributed by atoms with Crippen LogP contribution in [0.15, 0.2) is 72.8 Å². The van der Waals surface area contributed by atoms with E-state index in [4.69, 9.17) is 0 Å². The van der Waals surface area contributed by atoms with E-state index in [0.717, 1.165) is 17.7 Å². The highest BCUT2D eigenvalue weighted by Gasteiger charge is 2.13. The van der Waals surface area contributed by atoms with Crippen LogP contribution in [0, 0.1) is 11.6 Å². The molecular formula is C27H21F2NO3. The molecule has 0 spiro atoms. The Balaban J connectivity index is 1.47. The van der Waals surface area contributed by atoms with Crippen molar-refractivity contribution in [3.63, 3.8) is 0 Å². The largest absolute Gasteiger partial charge is 0.478 e. The number of pyridine rings is 1. The van der Waals surface area contributed by atoms with Gasteiger partial charge in [0.05, 0.1) is 22.9 Å². The first kappa shape index (κ1) is 22.3. The van der Waals surface area contributed by atoms with Gasteiger partial charge in [0.2, 0.25) is 0 Å². The zero-order chi connectivity index (χ0) is 23.4.